The Kier molecular flexibility index (Phi) is 10.2. The third kappa shape index (κ3) is 6.90. The lowest BCUT2D eigenvalue weighted by Gasteiger charge is -2.29. The normalized spacial score (nSPS) is 18.8. The second-order valence-electron chi connectivity index (χ2n) is 9.90. The van der Waals surface area contributed by atoms with Gasteiger partial charge in [0.15, 0.2) is 11.6 Å². The average Bonchev–Trinajstić information content (AvgIpc) is 2.82. The number of benzene rings is 2. The number of halogens is 2. The van der Waals surface area contributed by atoms with E-state index in [0.29, 0.717) is 23.5 Å². The van der Waals surface area contributed by atoms with Crippen LogP contribution in [0.2, 0.25) is 0 Å². The van der Waals surface area contributed by atoms with E-state index in [2.05, 4.69) is 26.0 Å². The van der Waals surface area contributed by atoms with Gasteiger partial charge in [0.1, 0.15) is 0 Å². The van der Waals surface area contributed by atoms with Crippen LogP contribution in [0.1, 0.15) is 114 Å². The Balaban J connectivity index is 1.57. The van der Waals surface area contributed by atoms with Crippen LogP contribution in [0.15, 0.2) is 36.4 Å². The van der Waals surface area contributed by atoms with Crippen LogP contribution in [0.4, 0.5) is 8.78 Å². The third-order valence-electron chi connectivity index (χ3n) is 7.47. The molecule has 1 fully saturated rings. The smallest absolute Gasteiger partial charge is 0.166 e. The Bertz CT molecular complexity index is 800. The first-order chi connectivity index (χ1) is 15.6. The SMILES string of the molecule is CCCCCCCc1ccc(-c2ccc(C3CCC(CCCCC)CC3)cc2)c(F)c1F. The fourth-order valence-electron chi connectivity index (χ4n) is 5.33. The zero-order chi connectivity index (χ0) is 22.8. The fraction of sp³-hybridized carbons (Fsp3) is 0.600. The Hall–Kier alpha value is -1.70. The van der Waals surface area contributed by atoms with Gasteiger partial charge < -0.3 is 0 Å². The van der Waals surface area contributed by atoms with Crippen LogP contribution >= 0.6 is 0 Å². The van der Waals surface area contributed by atoms with Crippen molar-refractivity contribution in [3.8, 4) is 11.1 Å². The van der Waals surface area contributed by atoms with Crippen molar-refractivity contribution in [2.24, 2.45) is 5.92 Å². The van der Waals surface area contributed by atoms with Gasteiger partial charge in [-0.2, -0.15) is 0 Å². The molecular formula is C30H42F2. The van der Waals surface area contributed by atoms with Gasteiger partial charge in [-0.1, -0.05) is 102 Å². The minimum atomic E-state index is -0.698. The molecule has 0 radical (unpaired) electrons. The Morgan fingerprint density at radius 2 is 1.34 bits per heavy atom. The van der Waals surface area contributed by atoms with E-state index in [4.69, 9.17) is 0 Å². The summed E-state index contributed by atoms with van der Waals surface area (Å²) in [6.07, 6.45) is 16.8. The molecule has 0 atom stereocenters. The van der Waals surface area contributed by atoms with Gasteiger partial charge >= 0.3 is 0 Å². The molecule has 0 amide bonds. The molecule has 1 aliphatic carbocycles. The lowest BCUT2D eigenvalue weighted by atomic mass is 9.77. The molecule has 0 spiro atoms. The average molecular weight is 441 g/mol. The predicted molar refractivity (Wildman–Crippen MR) is 133 cm³/mol. The maximum atomic E-state index is 14.8. The molecule has 0 heterocycles. The van der Waals surface area contributed by atoms with Crippen molar-refractivity contribution in [2.45, 2.75) is 110 Å². The molecule has 0 aromatic heterocycles. The first-order valence-corrected chi connectivity index (χ1v) is 13.2. The molecule has 0 aliphatic heterocycles. The summed E-state index contributed by atoms with van der Waals surface area (Å²) in [4.78, 5) is 0. The zero-order valence-electron chi connectivity index (χ0n) is 20.3. The first-order valence-electron chi connectivity index (χ1n) is 13.2. The van der Waals surface area contributed by atoms with Crippen LogP contribution in [0.3, 0.4) is 0 Å². The molecule has 2 aromatic rings. The van der Waals surface area contributed by atoms with Crippen molar-refractivity contribution in [1.29, 1.82) is 0 Å². The first kappa shape index (κ1) is 24.9. The number of hydrogen-bond donors (Lipinski definition) is 0. The van der Waals surface area contributed by atoms with E-state index in [1.165, 1.54) is 76.2 Å². The third-order valence-corrected chi connectivity index (χ3v) is 7.47. The number of unbranched alkanes of at least 4 members (excludes halogenated alkanes) is 6. The van der Waals surface area contributed by atoms with Gasteiger partial charge in [0, 0.05) is 5.56 Å². The quantitative estimate of drug-likeness (QED) is 0.288. The highest BCUT2D eigenvalue weighted by Crippen LogP contribution is 2.38. The minimum absolute atomic E-state index is 0.378. The summed E-state index contributed by atoms with van der Waals surface area (Å²) in [6, 6.07) is 11.8. The van der Waals surface area contributed by atoms with Gasteiger partial charge in [-0.25, -0.2) is 8.78 Å². The topological polar surface area (TPSA) is 0 Å². The molecule has 0 unspecified atom stereocenters. The van der Waals surface area contributed by atoms with Gasteiger partial charge in [-0.3, -0.25) is 0 Å². The molecule has 0 N–H and O–H groups in total. The minimum Gasteiger partial charge on any atom is -0.203 e. The maximum Gasteiger partial charge on any atom is 0.166 e. The lowest BCUT2D eigenvalue weighted by molar-refractivity contribution is 0.303. The maximum absolute atomic E-state index is 14.8. The molecule has 0 nitrogen and oxygen atoms in total. The van der Waals surface area contributed by atoms with Gasteiger partial charge in [-0.15, -0.1) is 0 Å². The van der Waals surface area contributed by atoms with Crippen molar-refractivity contribution in [3.63, 3.8) is 0 Å². The number of aryl methyl sites for hydroxylation is 1. The van der Waals surface area contributed by atoms with E-state index in [9.17, 15) is 8.78 Å². The molecule has 3 rings (SSSR count). The van der Waals surface area contributed by atoms with Crippen LogP contribution in [-0.2, 0) is 6.42 Å². The van der Waals surface area contributed by atoms with E-state index in [0.717, 1.165) is 24.3 Å². The summed E-state index contributed by atoms with van der Waals surface area (Å²) in [5, 5.41) is 0. The van der Waals surface area contributed by atoms with Gasteiger partial charge in [0.05, 0.1) is 0 Å². The van der Waals surface area contributed by atoms with Crippen molar-refractivity contribution in [3.05, 3.63) is 59.2 Å². The van der Waals surface area contributed by atoms with Crippen LogP contribution in [0.25, 0.3) is 11.1 Å². The summed E-state index contributed by atoms with van der Waals surface area (Å²) in [5.41, 5.74) is 3.01. The Labute approximate surface area is 194 Å². The van der Waals surface area contributed by atoms with Crippen molar-refractivity contribution >= 4 is 0 Å². The Morgan fingerprint density at radius 3 is 2.03 bits per heavy atom. The van der Waals surface area contributed by atoms with E-state index in [1.54, 1.807) is 12.1 Å². The molecule has 2 aromatic carbocycles. The van der Waals surface area contributed by atoms with Gasteiger partial charge in [0.2, 0.25) is 0 Å². The standard InChI is InChI=1S/C30H42F2/c1-3-5-7-8-10-12-27-21-22-28(30(32)29(27)31)26-19-17-25(18-20-26)24-15-13-23(14-16-24)11-9-6-4-2/h17-24H,3-16H2,1-2H3. The molecule has 2 heteroatoms. The molecule has 176 valence electrons. The summed E-state index contributed by atoms with van der Waals surface area (Å²) >= 11 is 0. The van der Waals surface area contributed by atoms with Crippen LogP contribution in [-0.4, -0.2) is 0 Å². The van der Waals surface area contributed by atoms with Crippen LogP contribution in [0, 0.1) is 17.6 Å². The van der Waals surface area contributed by atoms with Crippen molar-refractivity contribution < 1.29 is 8.78 Å². The molecule has 0 saturated heterocycles. The molecular weight excluding hydrogens is 398 g/mol. The van der Waals surface area contributed by atoms with Gasteiger partial charge in [-0.05, 0) is 67.1 Å². The number of rotatable bonds is 12. The van der Waals surface area contributed by atoms with Crippen LogP contribution < -0.4 is 0 Å². The van der Waals surface area contributed by atoms with E-state index < -0.39 is 11.6 Å². The largest absolute Gasteiger partial charge is 0.203 e. The van der Waals surface area contributed by atoms with E-state index >= 15 is 0 Å². The predicted octanol–water partition coefficient (Wildman–Crippen LogP) is 10.00. The Morgan fingerprint density at radius 1 is 0.688 bits per heavy atom. The second kappa shape index (κ2) is 13.1. The van der Waals surface area contributed by atoms with Crippen LogP contribution in [0.5, 0.6) is 0 Å². The zero-order valence-corrected chi connectivity index (χ0v) is 20.3. The summed E-state index contributed by atoms with van der Waals surface area (Å²) in [7, 11) is 0. The fourth-order valence-corrected chi connectivity index (χ4v) is 5.33. The highest BCUT2D eigenvalue weighted by Gasteiger charge is 2.22. The molecule has 0 bridgehead atoms. The van der Waals surface area contributed by atoms with Gasteiger partial charge in [0.25, 0.3) is 0 Å². The van der Waals surface area contributed by atoms with E-state index in [-0.39, 0.29) is 0 Å². The summed E-state index contributed by atoms with van der Waals surface area (Å²) in [6.45, 7) is 4.45. The highest BCUT2D eigenvalue weighted by molar-refractivity contribution is 5.65. The highest BCUT2D eigenvalue weighted by atomic mass is 19.2. The number of hydrogen-bond acceptors (Lipinski definition) is 0. The summed E-state index contributed by atoms with van der Waals surface area (Å²) < 4.78 is 29.5. The van der Waals surface area contributed by atoms with Crippen molar-refractivity contribution in [1.82, 2.24) is 0 Å². The monoisotopic (exact) mass is 440 g/mol. The summed E-state index contributed by atoms with van der Waals surface area (Å²) in [5.74, 6) is 0.155. The van der Waals surface area contributed by atoms with E-state index in [1.807, 2.05) is 12.1 Å². The molecule has 1 aliphatic rings. The second-order valence-corrected chi connectivity index (χ2v) is 9.90. The molecule has 32 heavy (non-hydrogen) atoms. The lowest BCUT2D eigenvalue weighted by Crippen LogP contribution is -2.13. The molecule has 1 saturated carbocycles. The van der Waals surface area contributed by atoms with Crippen molar-refractivity contribution in [2.75, 3.05) is 0 Å².